The molecular weight excluding hydrogens is 212 g/mol. The van der Waals surface area contributed by atoms with Crippen LogP contribution in [0.25, 0.3) is 0 Å². The Morgan fingerprint density at radius 2 is 1.81 bits per heavy atom. The van der Waals surface area contributed by atoms with Crippen molar-refractivity contribution in [3.05, 3.63) is 24.3 Å². The summed E-state index contributed by atoms with van der Waals surface area (Å²) in [4.78, 5) is 7.78. The van der Waals surface area contributed by atoms with Gasteiger partial charge in [0.05, 0.1) is 0 Å². The quantitative estimate of drug-likeness (QED) is 0.843. The van der Waals surface area contributed by atoms with Gasteiger partial charge in [-0.2, -0.15) is 0 Å². The second-order valence-corrected chi connectivity index (χ2v) is 4.39. The number of hydrogen-bond acceptors (Lipinski definition) is 3. The zero-order chi connectivity index (χ0) is 11.6. The molecule has 1 atom stereocenters. The third kappa shape index (κ3) is 2.52. The second kappa shape index (κ2) is 4.41. The Morgan fingerprint density at radius 3 is 2.38 bits per heavy atom. The molecule has 0 saturated heterocycles. The van der Waals surface area contributed by atoms with Crippen molar-refractivity contribution in [3.8, 4) is 0 Å². The zero-order valence-corrected chi connectivity index (χ0v) is 8.94. The van der Waals surface area contributed by atoms with Crippen molar-refractivity contribution in [1.82, 2.24) is 9.97 Å². The van der Waals surface area contributed by atoms with Crippen LogP contribution in [0.4, 0.5) is 8.78 Å². The highest BCUT2D eigenvalue weighted by Crippen LogP contribution is 2.40. The van der Waals surface area contributed by atoms with Gasteiger partial charge >= 0.3 is 0 Å². The summed E-state index contributed by atoms with van der Waals surface area (Å²) in [7, 11) is 0. The van der Waals surface area contributed by atoms with E-state index in [1.54, 1.807) is 12.4 Å². The molecule has 1 unspecified atom stereocenters. The molecule has 5 heteroatoms. The highest BCUT2D eigenvalue weighted by Gasteiger charge is 2.37. The van der Waals surface area contributed by atoms with Crippen molar-refractivity contribution in [2.45, 2.75) is 37.6 Å². The van der Waals surface area contributed by atoms with Crippen LogP contribution < -0.4 is 5.73 Å². The second-order valence-electron chi connectivity index (χ2n) is 4.39. The number of hydrogen-bond donors (Lipinski definition) is 1. The first kappa shape index (κ1) is 11.4. The van der Waals surface area contributed by atoms with Crippen molar-refractivity contribution in [2.24, 2.45) is 11.7 Å². The van der Waals surface area contributed by atoms with Gasteiger partial charge in [0.1, 0.15) is 6.33 Å². The third-order valence-electron chi connectivity index (χ3n) is 3.24. The molecule has 1 aromatic rings. The van der Waals surface area contributed by atoms with Gasteiger partial charge in [-0.3, -0.25) is 0 Å². The first-order valence-corrected chi connectivity index (χ1v) is 5.47. The van der Waals surface area contributed by atoms with Crippen molar-refractivity contribution in [1.29, 1.82) is 0 Å². The molecule has 0 radical (unpaired) electrons. The van der Waals surface area contributed by atoms with Crippen molar-refractivity contribution >= 4 is 0 Å². The molecule has 2 rings (SSSR count). The number of halogens is 2. The van der Waals surface area contributed by atoms with E-state index in [4.69, 9.17) is 5.73 Å². The fraction of sp³-hybridized carbons (Fsp3) is 0.636. The van der Waals surface area contributed by atoms with Gasteiger partial charge in [0.2, 0.25) is 5.92 Å². The number of alkyl halides is 2. The summed E-state index contributed by atoms with van der Waals surface area (Å²) in [5, 5.41) is 0. The smallest absolute Gasteiger partial charge is 0.248 e. The van der Waals surface area contributed by atoms with E-state index in [2.05, 4.69) is 9.97 Å². The Balaban J connectivity index is 2.00. The van der Waals surface area contributed by atoms with Crippen LogP contribution >= 0.6 is 0 Å². The minimum absolute atomic E-state index is 0.0565. The van der Waals surface area contributed by atoms with Crippen LogP contribution in [0.15, 0.2) is 18.7 Å². The molecule has 1 heterocycles. The lowest BCUT2D eigenvalue weighted by atomic mass is 9.80. The molecule has 0 bridgehead atoms. The number of nitrogens with zero attached hydrogens (tertiary/aromatic N) is 2. The van der Waals surface area contributed by atoms with Gasteiger partial charge in [-0.05, 0) is 18.8 Å². The molecule has 0 amide bonds. The third-order valence-corrected chi connectivity index (χ3v) is 3.24. The van der Waals surface area contributed by atoms with E-state index in [9.17, 15) is 8.78 Å². The lowest BCUT2D eigenvalue weighted by Gasteiger charge is -2.31. The Bertz CT molecular complexity index is 332. The summed E-state index contributed by atoms with van der Waals surface area (Å²) in [5.41, 5.74) is 6.86. The number of nitrogens with two attached hydrogens (primary N) is 1. The van der Waals surface area contributed by atoms with Crippen LogP contribution in [0.5, 0.6) is 0 Å². The Morgan fingerprint density at radius 1 is 1.25 bits per heavy atom. The number of rotatable bonds is 2. The Kier molecular flexibility index (Phi) is 3.14. The highest BCUT2D eigenvalue weighted by molar-refractivity contribution is 5.10. The Hall–Kier alpha value is -1.10. The maximum absolute atomic E-state index is 13.0. The van der Waals surface area contributed by atoms with E-state index < -0.39 is 5.92 Å². The van der Waals surface area contributed by atoms with Crippen LogP contribution in [0.1, 0.15) is 37.3 Å². The lowest BCUT2D eigenvalue weighted by molar-refractivity contribution is -0.0483. The van der Waals surface area contributed by atoms with Crippen LogP contribution in [-0.2, 0) is 0 Å². The van der Waals surface area contributed by atoms with Crippen LogP contribution in [0.2, 0.25) is 0 Å². The first-order chi connectivity index (χ1) is 7.58. The minimum atomic E-state index is -2.50. The molecule has 1 saturated carbocycles. The first-order valence-electron chi connectivity index (χ1n) is 5.47. The standard InChI is InChI=1S/C11H15F2N3/c12-11(13)3-1-8(2-4-11)10(14)9-5-15-7-16-6-9/h5-8,10H,1-4,14H2. The van der Waals surface area contributed by atoms with Gasteiger partial charge in [-0.1, -0.05) is 0 Å². The van der Waals surface area contributed by atoms with Crippen molar-refractivity contribution in [3.63, 3.8) is 0 Å². The molecule has 1 aromatic heterocycles. The predicted octanol–water partition coefficient (Wildman–Crippen LogP) is 2.30. The van der Waals surface area contributed by atoms with Gasteiger partial charge in [-0.25, -0.2) is 18.7 Å². The van der Waals surface area contributed by atoms with E-state index in [1.807, 2.05) is 0 Å². The molecule has 2 N–H and O–H groups in total. The SMILES string of the molecule is NC(c1cncnc1)C1CCC(F)(F)CC1. The van der Waals surface area contributed by atoms with Gasteiger partial charge in [0.15, 0.2) is 0 Å². The van der Waals surface area contributed by atoms with E-state index >= 15 is 0 Å². The predicted molar refractivity (Wildman–Crippen MR) is 55.9 cm³/mol. The van der Waals surface area contributed by atoms with Gasteiger partial charge in [0, 0.05) is 36.8 Å². The molecule has 88 valence electrons. The molecule has 3 nitrogen and oxygen atoms in total. The van der Waals surface area contributed by atoms with E-state index in [0.29, 0.717) is 12.8 Å². The van der Waals surface area contributed by atoms with Crippen molar-refractivity contribution < 1.29 is 8.78 Å². The average Bonchev–Trinajstić information content (AvgIpc) is 2.29. The molecular formula is C11H15F2N3. The van der Waals surface area contributed by atoms with Crippen LogP contribution in [0, 0.1) is 5.92 Å². The van der Waals surface area contributed by atoms with Crippen molar-refractivity contribution in [2.75, 3.05) is 0 Å². The Labute approximate surface area is 93.1 Å². The monoisotopic (exact) mass is 227 g/mol. The summed E-state index contributed by atoms with van der Waals surface area (Å²) in [5.74, 6) is -2.38. The van der Waals surface area contributed by atoms with Crippen LogP contribution in [0.3, 0.4) is 0 Å². The molecule has 1 aliphatic rings. The molecule has 0 spiro atoms. The van der Waals surface area contributed by atoms with E-state index in [0.717, 1.165) is 5.56 Å². The maximum Gasteiger partial charge on any atom is 0.248 e. The zero-order valence-electron chi connectivity index (χ0n) is 8.94. The summed E-state index contributed by atoms with van der Waals surface area (Å²) in [6.07, 6.45) is 5.59. The summed E-state index contributed by atoms with van der Waals surface area (Å²) < 4.78 is 26.0. The van der Waals surface area contributed by atoms with Gasteiger partial charge in [0.25, 0.3) is 0 Å². The van der Waals surface area contributed by atoms with E-state index in [1.165, 1.54) is 6.33 Å². The highest BCUT2D eigenvalue weighted by atomic mass is 19.3. The largest absolute Gasteiger partial charge is 0.324 e. The molecule has 0 aliphatic heterocycles. The normalized spacial score (nSPS) is 22.9. The molecule has 1 aliphatic carbocycles. The maximum atomic E-state index is 13.0. The molecule has 0 aromatic carbocycles. The van der Waals surface area contributed by atoms with Crippen LogP contribution in [-0.4, -0.2) is 15.9 Å². The molecule has 16 heavy (non-hydrogen) atoms. The average molecular weight is 227 g/mol. The summed E-state index contributed by atoms with van der Waals surface area (Å²) >= 11 is 0. The summed E-state index contributed by atoms with van der Waals surface area (Å²) in [6.45, 7) is 0. The topological polar surface area (TPSA) is 51.8 Å². The lowest BCUT2D eigenvalue weighted by Crippen LogP contribution is -2.31. The fourth-order valence-electron chi connectivity index (χ4n) is 2.18. The van der Waals surface area contributed by atoms with E-state index in [-0.39, 0.29) is 24.8 Å². The van der Waals surface area contributed by atoms with Gasteiger partial charge in [-0.15, -0.1) is 0 Å². The fourth-order valence-corrected chi connectivity index (χ4v) is 2.18. The minimum Gasteiger partial charge on any atom is -0.324 e. The number of aromatic nitrogens is 2. The molecule has 1 fully saturated rings. The summed E-state index contributed by atoms with van der Waals surface area (Å²) in [6, 6.07) is -0.225. The van der Waals surface area contributed by atoms with Gasteiger partial charge < -0.3 is 5.73 Å².